The van der Waals surface area contributed by atoms with Crippen molar-refractivity contribution < 1.29 is 27.9 Å². The highest BCUT2D eigenvalue weighted by atomic mass is 19.1. The maximum absolute atomic E-state index is 13.7. The molecule has 178 valence electrons. The average molecular weight is 462 g/mol. The topological polar surface area (TPSA) is 117 Å². The van der Waals surface area contributed by atoms with E-state index in [-0.39, 0.29) is 30.1 Å². The van der Waals surface area contributed by atoms with Crippen LogP contribution in [0.25, 0.3) is 0 Å². The van der Waals surface area contributed by atoms with Crippen molar-refractivity contribution >= 4 is 23.6 Å². The Labute approximate surface area is 190 Å². The number of rotatable bonds is 7. The summed E-state index contributed by atoms with van der Waals surface area (Å²) >= 11 is 0. The lowest BCUT2D eigenvalue weighted by Crippen LogP contribution is -2.39. The number of aliphatic carboxylic acids is 1. The minimum atomic E-state index is -0.708. The molecule has 8 nitrogen and oxygen atoms in total. The quantitative estimate of drug-likeness (QED) is 0.548. The molecule has 2 saturated carbocycles. The zero-order valence-electron chi connectivity index (χ0n) is 18.2. The Kier molecular flexibility index (Phi) is 7.20. The Balaban J connectivity index is 1.23. The summed E-state index contributed by atoms with van der Waals surface area (Å²) < 4.78 is 32.3. The summed E-state index contributed by atoms with van der Waals surface area (Å²) in [5, 5.41) is 21.7. The predicted octanol–water partition coefficient (Wildman–Crippen LogP) is 4.66. The molecule has 0 saturated heterocycles. The summed E-state index contributed by atoms with van der Waals surface area (Å²) in [5.74, 6) is -1.20. The molecule has 0 radical (unpaired) electrons. The van der Waals surface area contributed by atoms with E-state index in [4.69, 9.17) is 9.52 Å². The molecule has 4 rings (SSSR count). The number of anilines is 2. The van der Waals surface area contributed by atoms with Gasteiger partial charge >= 0.3 is 23.8 Å². The first-order chi connectivity index (χ1) is 15.9. The van der Waals surface area contributed by atoms with Crippen molar-refractivity contribution in [2.45, 2.75) is 63.8 Å². The van der Waals surface area contributed by atoms with Crippen molar-refractivity contribution in [1.29, 1.82) is 0 Å². The third kappa shape index (κ3) is 6.06. The van der Waals surface area contributed by atoms with Gasteiger partial charge in [-0.1, -0.05) is 5.10 Å². The highest BCUT2D eigenvalue weighted by Gasteiger charge is 2.32. The van der Waals surface area contributed by atoms with Crippen LogP contribution in [0.3, 0.4) is 0 Å². The maximum atomic E-state index is 13.7. The first-order valence-electron chi connectivity index (χ1n) is 11.5. The van der Waals surface area contributed by atoms with Gasteiger partial charge in [0.05, 0.1) is 5.69 Å². The molecule has 3 N–H and O–H groups in total. The fraction of sp³-hybridized carbons (Fsp3) is 0.565. The number of benzene rings is 1. The normalized spacial score (nSPS) is 25.4. The van der Waals surface area contributed by atoms with Gasteiger partial charge in [0.2, 0.25) is 0 Å². The second-order valence-electron chi connectivity index (χ2n) is 9.13. The van der Waals surface area contributed by atoms with E-state index in [2.05, 4.69) is 20.8 Å². The van der Waals surface area contributed by atoms with Gasteiger partial charge in [0, 0.05) is 18.5 Å². The number of carboxylic acid groups (broad SMARTS) is 1. The standard InChI is InChI=1S/C23H28F2N4O4/c24-16-7-10-18(25)19(12-16)27-23-29-28-22(33-23)21(32)26-17-8-5-15(6-9-17)14-3-1-13(2-4-14)11-20(30)31/h7,10,12-15,17H,1-6,8-9,11H2,(H,26,32)(H,27,29)(H,30,31). The van der Waals surface area contributed by atoms with Crippen LogP contribution in [0.1, 0.15) is 68.5 Å². The minimum Gasteiger partial charge on any atom is -0.481 e. The number of carbonyl (C=O) groups excluding carboxylic acids is 1. The number of hydrogen-bond donors (Lipinski definition) is 3. The molecule has 0 aliphatic heterocycles. The third-order valence-electron chi connectivity index (χ3n) is 6.92. The van der Waals surface area contributed by atoms with Crippen LogP contribution < -0.4 is 10.6 Å². The van der Waals surface area contributed by atoms with Crippen LogP contribution in [-0.4, -0.2) is 33.2 Å². The zero-order valence-corrected chi connectivity index (χ0v) is 18.2. The Morgan fingerprint density at radius 3 is 2.33 bits per heavy atom. The van der Waals surface area contributed by atoms with Crippen molar-refractivity contribution in [1.82, 2.24) is 15.5 Å². The number of aromatic nitrogens is 2. The van der Waals surface area contributed by atoms with Crippen LogP contribution in [0.5, 0.6) is 0 Å². The smallest absolute Gasteiger partial charge is 0.320 e. The van der Waals surface area contributed by atoms with E-state index in [0.29, 0.717) is 17.8 Å². The molecule has 1 amide bonds. The van der Waals surface area contributed by atoms with Crippen molar-refractivity contribution in [2.24, 2.45) is 17.8 Å². The van der Waals surface area contributed by atoms with Crippen molar-refractivity contribution in [3.63, 3.8) is 0 Å². The van der Waals surface area contributed by atoms with Crippen LogP contribution >= 0.6 is 0 Å². The van der Waals surface area contributed by atoms with Gasteiger partial charge in [0.1, 0.15) is 11.6 Å². The monoisotopic (exact) mass is 462 g/mol. The highest BCUT2D eigenvalue weighted by molar-refractivity contribution is 5.89. The summed E-state index contributed by atoms with van der Waals surface area (Å²) in [6, 6.07) is 2.73. The molecule has 2 aliphatic carbocycles. The predicted molar refractivity (Wildman–Crippen MR) is 115 cm³/mol. The largest absolute Gasteiger partial charge is 0.481 e. The van der Waals surface area contributed by atoms with Crippen molar-refractivity contribution in [2.75, 3.05) is 5.32 Å². The number of carboxylic acids is 1. The first kappa shape index (κ1) is 23.1. The molecular formula is C23H28F2N4O4. The molecule has 1 heterocycles. The Morgan fingerprint density at radius 2 is 1.67 bits per heavy atom. The van der Waals surface area contributed by atoms with E-state index in [9.17, 15) is 18.4 Å². The van der Waals surface area contributed by atoms with Crippen molar-refractivity contribution in [3.8, 4) is 0 Å². The van der Waals surface area contributed by atoms with Crippen molar-refractivity contribution in [3.05, 3.63) is 35.7 Å². The fourth-order valence-corrected chi connectivity index (χ4v) is 5.17. The molecule has 1 aromatic carbocycles. The van der Waals surface area contributed by atoms with Gasteiger partial charge in [-0.3, -0.25) is 9.59 Å². The molecule has 10 heteroatoms. The molecule has 0 atom stereocenters. The van der Waals surface area contributed by atoms with E-state index in [1.165, 1.54) is 0 Å². The molecule has 0 unspecified atom stereocenters. The molecule has 0 bridgehead atoms. The second-order valence-corrected chi connectivity index (χ2v) is 9.13. The average Bonchev–Trinajstić information content (AvgIpc) is 3.26. The van der Waals surface area contributed by atoms with Crippen LogP contribution in [-0.2, 0) is 4.79 Å². The lowest BCUT2D eigenvalue weighted by Gasteiger charge is -2.37. The molecule has 33 heavy (non-hydrogen) atoms. The van der Waals surface area contributed by atoms with Crippen LogP contribution in [0.2, 0.25) is 0 Å². The lowest BCUT2D eigenvalue weighted by molar-refractivity contribution is -0.138. The van der Waals surface area contributed by atoms with Crippen LogP contribution in [0.4, 0.5) is 20.5 Å². The molecule has 2 aliphatic rings. The molecular weight excluding hydrogens is 434 g/mol. The van der Waals surface area contributed by atoms with Crippen LogP contribution in [0.15, 0.2) is 22.6 Å². The van der Waals surface area contributed by atoms with Gasteiger partial charge in [0.25, 0.3) is 0 Å². The summed E-state index contributed by atoms with van der Waals surface area (Å²) in [6.45, 7) is 0. The van der Waals surface area contributed by atoms with Gasteiger partial charge in [-0.2, -0.15) is 0 Å². The number of nitrogens with zero attached hydrogens (tertiary/aromatic N) is 2. The van der Waals surface area contributed by atoms with Crippen LogP contribution in [0, 0.1) is 29.4 Å². The fourth-order valence-electron chi connectivity index (χ4n) is 5.17. The Morgan fingerprint density at radius 1 is 1.00 bits per heavy atom. The molecule has 2 fully saturated rings. The van der Waals surface area contributed by atoms with E-state index < -0.39 is 23.5 Å². The van der Waals surface area contributed by atoms with E-state index in [0.717, 1.165) is 69.6 Å². The Bertz CT molecular complexity index is 983. The summed E-state index contributed by atoms with van der Waals surface area (Å²) in [4.78, 5) is 23.4. The van der Waals surface area contributed by atoms with E-state index >= 15 is 0 Å². The number of hydrogen-bond acceptors (Lipinski definition) is 6. The van der Waals surface area contributed by atoms with Gasteiger partial charge in [0.15, 0.2) is 0 Å². The third-order valence-corrected chi connectivity index (χ3v) is 6.92. The second kappa shape index (κ2) is 10.3. The van der Waals surface area contributed by atoms with Gasteiger partial charge < -0.3 is 20.2 Å². The van der Waals surface area contributed by atoms with Gasteiger partial charge in [-0.25, -0.2) is 8.78 Å². The van der Waals surface area contributed by atoms with Gasteiger partial charge in [-0.15, -0.1) is 5.10 Å². The first-order valence-corrected chi connectivity index (χ1v) is 11.5. The molecule has 1 aromatic heterocycles. The number of nitrogens with one attached hydrogen (secondary N) is 2. The Hall–Kier alpha value is -3.04. The zero-order chi connectivity index (χ0) is 23.4. The van der Waals surface area contributed by atoms with E-state index in [1.54, 1.807) is 0 Å². The summed E-state index contributed by atoms with van der Waals surface area (Å²) in [5.41, 5.74) is -0.166. The van der Waals surface area contributed by atoms with Gasteiger partial charge in [-0.05, 0) is 81.3 Å². The number of halogens is 2. The number of amides is 1. The maximum Gasteiger partial charge on any atom is 0.320 e. The molecule has 0 spiro atoms. The SMILES string of the molecule is O=C(O)CC1CCC(C2CCC(NC(=O)c3nnc(Nc4cc(F)ccc4F)o3)CC2)CC1. The highest BCUT2D eigenvalue weighted by Crippen LogP contribution is 2.40. The summed E-state index contributed by atoms with van der Waals surface area (Å²) in [7, 11) is 0. The minimum absolute atomic E-state index is 0.0149. The molecule has 2 aromatic rings. The number of carbonyl (C=O) groups is 2. The van der Waals surface area contributed by atoms with E-state index in [1.807, 2.05) is 0 Å². The lowest BCUT2D eigenvalue weighted by atomic mass is 9.70. The summed E-state index contributed by atoms with van der Waals surface area (Å²) in [6.07, 6.45) is 8.19.